The minimum absolute atomic E-state index is 0.0233. The molecular formula is C11H9ClN4O2. The van der Waals surface area contributed by atoms with E-state index in [2.05, 4.69) is 15.3 Å². The van der Waals surface area contributed by atoms with Gasteiger partial charge >= 0.3 is 0 Å². The van der Waals surface area contributed by atoms with Crippen molar-refractivity contribution in [1.29, 1.82) is 0 Å². The van der Waals surface area contributed by atoms with Crippen LogP contribution in [0.1, 0.15) is 5.82 Å². The van der Waals surface area contributed by atoms with E-state index in [1.54, 1.807) is 25.1 Å². The van der Waals surface area contributed by atoms with Crippen molar-refractivity contribution in [3.8, 4) is 0 Å². The Morgan fingerprint density at radius 1 is 1.33 bits per heavy atom. The largest absolute Gasteiger partial charge is 0.334 e. The molecule has 1 aromatic carbocycles. The zero-order valence-electron chi connectivity index (χ0n) is 9.42. The number of hydrogen-bond donors (Lipinski definition) is 1. The molecule has 0 saturated carbocycles. The lowest BCUT2D eigenvalue weighted by Crippen LogP contribution is -2.00. The Morgan fingerprint density at radius 3 is 2.72 bits per heavy atom. The number of aromatic nitrogens is 2. The van der Waals surface area contributed by atoms with E-state index in [9.17, 15) is 10.1 Å². The van der Waals surface area contributed by atoms with Crippen molar-refractivity contribution in [2.75, 3.05) is 5.32 Å². The van der Waals surface area contributed by atoms with Crippen LogP contribution in [0.4, 0.5) is 17.2 Å². The fraction of sp³-hybridized carbons (Fsp3) is 0.0909. The van der Waals surface area contributed by atoms with Crippen LogP contribution in [0.5, 0.6) is 0 Å². The highest BCUT2D eigenvalue weighted by Gasteiger charge is 2.13. The van der Waals surface area contributed by atoms with Gasteiger partial charge in [0, 0.05) is 12.1 Å². The van der Waals surface area contributed by atoms with Gasteiger partial charge in [-0.05, 0) is 13.0 Å². The molecule has 92 valence electrons. The van der Waals surface area contributed by atoms with Crippen molar-refractivity contribution < 1.29 is 4.92 Å². The van der Waals surface area contributed by atoms with E-state index in [0.29, 0.717) is 17.3 Å². The molecule has 7 heteroatoms. The topological polar surface area (TPSA) is 81.0 Å². The van der Waals surface area contributed by atoms with E-state index in [0.717, 1.165) is 0 Å². The summed E-state index contributed by atoms with van der Waals surface area (Å²) in [6, 6.07) is 7.82. The van der Waals surface area contributed by atoms with E-state index in [1.807, 2.05) is 0 Å². The van der Waals surface area contributed by atoms with Gasteiger partial charge in [0.25, 0.3) is 5.69 Å². The van der Waals surface area contributed by atoms with Crippen molar-refractivity contribution in [3.05, 3.63) is 51.4 Å². The summed E-state index contributed by atoms with van der Waals surface area (Å²) in [7, 11) is 0. The summed E-state index contributed by atoms with van der Waals surface area (Å²) in [5.41, 5.74) is 0.335. The van der Waals surface area contributed by atoms with Crippen molar-refractivity contribution in [2.45, 2.75) is 6.92 Å². The number of nitrogens with zero attached hydrogens (tertiary/aromatic N) is 3. The molecule has 0 unspecified atom stereocenters. The first kappa shape index (κ1) is 12.3. The molecule has 0 atom stereocenters. The molecule has 0 spiro atoms. The number of hydrogen-bond acceptors (Lipinski definition) is 5. The predicted molar refractivity (Wildman–Crippen MR) is 68.2 cm³/mol. The third-order valence-corrected chi connectivity index (χ3v) is 2.36. The highest BCUT2D eigenvalue weighted by Crippen LogP contribution is 2.26. The first-order chi connectivity index (χ1) is 8.56. The summed E-state index contributed by atoms with van der Waals surface area (Å²) < 4.78 is 0. The van der Waals surface area contributed by atoms with Crippen molar-refractivity contribution >= 4 is 28.8 Å². The molecule has 0 amide bonds. The number of rotatable bonds is 3. The number of nitro groups is 1. The second kappa shape index (κ2) is 4.97. The van der Waals surface area contributed by atoms with Gasteiger partial charge in [0.05, 0.1) is 4.92 Å². The van der Waals surface area contributed by atoms with Crippen LogP contribution in [0.25, 0.3) is 0 Å². The Morgan fingerprint density at radius 2 is 2.06 bits per heavy atom. The zero-order valence-corrected chi connectivity index (χ0v) is 10.2. The molecule has 0 bridgehead atoms. The minimum atomic E-state index is -0.460. The van der Waals surface area contributed by atoms with Gasteiger partial charge < -0.3 is 5.32 Å². The number of para-hydroxylation sites is 2. The number of anilines is 2. The zero-order chi connectivity index (χ0) is 13.1. The van der Waals surface area contributed by atoms with Crippen LogP contribution >= 0.6 is 11.6 Å². The molecule has 1 aromatic heterocycles. The normalized spacial score (nSPS) is 10.1. The first-order valence-electron chi connectivity index (χ1n) is 5.08. The van der Waals surface area contributed by atoms with Crippen LogP contribution < -0.4 is 5.32 Å². The summed E-state index contributed by atoms with van der Waals surface area (Å²) in [5.74, 6) is 0.908. The molecule has 0 fully saturated rings. The summed E-state index contributed by atoms with van der Waals surface area (Å²) >= 11 is 5.79. The number of aryl methyl sites for hydroxylation is 1. The molecule has 0 saturated heterocycles. The fourth-order valence-corrected chi connectivity index (χ4v) is 1.70. The van der Waals surface area contributed by atoms with Crippen LogP contribution in [0, 0.1) is 17.0 Å². The average molecular weight is 265 g/mol. The van der Waals surface area contributed by atoms with Gasteiger partial charge in [0.15, 0.2) is 0 Å². The standard InChI is InChI=1S/C11H9ClN4O2/c1-7-13-10(12)6-11(14-7)15-8-4-2-3-5-9(8)16(17)18/h2-6H,1H3,(H,13,14,15). The summed E-state index contributed by atoms with van der Waals surface area (Å²) in [4.78, 5) is 18.4. The second-order valence-electron chi connectivity index (χ2n) is 3.52. The van der Waals surface area contributed by atoms with E-state index in [4.69, 9.17) is 11.6 Å². The Balaban J connectivity index is 2.37. The number of halogens is 1. The fourth-order valence-electron chi connectivity index (χ4n) is 1.47. The number of nitrogens with one attached hydrogen (secondary N) is 1. The highest BCUT2D eigenvalue weighted by molar-refractivity contribution is 6.29. The molecule has 0 aliphatic heterocycles. The molecule has 0 radical (unpaired) electrons. The quantitative estimate of drug-likeness (QED) is 0.523. The van der Waals surface area contributed by atoms with Gasteiger partial charge in [0.1, 0.15) is 22.5 Å². The van der Waals surface area contributed by atoms with E-state index >= 15 is 0 Å². The van der Waals surface area contributed by atoms with Gasteiger partial charge in [0.2, 0.25) is 0 Å². The monoisotopic (exact) mass is 264 g/mol. The van der Waals surface area contributed by atoms with Gasteiger partial charge in [-0.25, -0.2) is 9.97 Å². The van der Waals surface area contributed by atoms with E-state index in [1.165, 1.54) is 12.1 Å². The van der Waals surface area contributed by atoms with Gasteiger partial charge in [-0.1, -0.05) is 23.7 Å². The average Bonchev–Trinajstić information content (AvgIpc) is 2.27. The smallest absolute Gasteiger partial charge is 0.292 e. The van der Waals surface area contributed by atoms with Gasteiger partial charge in [-0.3, -0.25) is 10.1 Å². The maximum absolute atomic E-state index is 10.9. The van der Waals surface area contributed by atoms with Crippen molar-refractivity contribution in [2.24, 2.45) is 0 Å². The molecule has 1 heterocycles. The van der Waals surface area contributed by atoms with Crippen molar-refractivity contribution in [3.63, 3.8) is 0 Å². The minimum Gasteiger partial charge on any atom is -0.334 e. The lowest BCUT2D eigenvalue weighted by atomic mass is 10.2. The Hall–Kier alpha value is -2.21. The van der Waals surface area contributed by atoms with Crippen LogP contribution in [0.15, 0.2) is 30.3 Å². The number of nitro benzene ring substituents is 1. The molecule has 18 heavy (non-hydrogen) atoms. The van der Waals surface area contributed by atoms with Gasteiger partial charge in [-0.15, -0.1) is 0 Å². The molecule has 6 nitrogen and oxygen atoms in total. The third kappa shape index (κ3) is 2.72. The summed E-state index contributed by atoms with van der Waals surface area (Å²) in [6.45, 7) is 1.69. The Labute approximate surface area is 108 Å². The molecule has 2 aromatic rings. The van der Waals surface area contributed by atoms with Crippen molar-refractivity contribution in [1.82, 2.24) is 9.97 Å². The Kier molecular flexibility index (Phi) is 3.38. The molecule has 0 aliphatic rings. The second-order valence-corrected chi connectivity index (χ2v) is 3.91. The van der Waals surface area contributed by atoms with Gasteiger partial charge in [-0.2, -0.15) is 0 Å². The molecule has 0 aliphatic carbocycles. The van der Waals surface area contributed by atoms with Crippen LogP contribution in [-0.4, -0.2) is 14.9 Å². The molecule has 1 N–H and O–H groups in total. The lowest BCUT2D eigenvalue weighted by molar-refractivity contribution is -0.383. The first-order valence-corrected chi connectivity index (χ1v) is 5.45. The van der Waals surface area contributed by atoms with E-state index < -0.39 is 4.92 Å². The van der Waals surface area contributed by atoms with E-state index in [-0.39, 0.29) is 10.8 Å². The Bertz CT molecular complexity index is 583. The predicted octanol–water partition coefficient (Wildman–Crippen LogP) is 3.09. The number of benzene rings is 1. The molecule has 2 rings (SSSR count). The third-order valence-electron chi connectivity index (χ3n) is 2.17. The summed E-state index contributed by atoms with van der Waals surface area (Å²) in [5, 5.41) is 14.0. The highest BCUT2D eigenvalue weighted by atomic mass is 35.5. The van der Waals surface area contributed by atoms with Crippen LogP contribution in [0.3, 0.4) is 0 Å². The maximum Gasteiger partial charge on any atom is 0.292 e. The van der Waals surface area contributed by atoms with Crippen LogP contribution in [-0.2, 0) is 0 Å². The lowest BCUT2D eigenvalue weighted by Gasteiger charge is -2.06. The molecular weight excluding hydrogens is 256 g/mol. The van der Waals surface area contributed by atoms with Crippen LogP contribution in [0.2, 0.25) is 5.15 Å². The summed E-state index contributed by atoms with van der Waals surface area (Å²) in [6.07, 6.45) is 0. The SMILES string of the molecule is Cc1nc(Cl)cc(Nc2ccccc2[N+](=O)[O-])n1. The maximum atomic E-state index is 10.9.